The fourth-order valence-corrected chi connectivity index (χ4v) is 2.26. The molecule has 3 nitrogen and oxygen atoms in total. The van der Waals surface area contributed by atoms with Crippen LogP contribution in [-0.4, -0.2) is 29.9 Å². The van der Waals surface area contributed by atoms with Gasteiger partial charge in [0.2, 0.25) is 5.91 Å². The molecule has 84 valence electrons. The molecule has 0 aliphatic heterocycles. The van der Waals surface area contributed by atoms with Crippen molar-refractivity contribution in [3.8, 4) is 12.3 Å². The maximum absolute atomic E-state index is 12.2. The van der Waals surface area contributed by atoms with Gasteiger partial charge in [0, 0.05) is 12.6 Å². The number of hydrogen-bond donors (Lipinski definition) is 1. The van der Waals surface area contributed by atoms with Gasteiger partial charge in [-0.2, -0.15) is 0 Å². The number of amides is 1. The molecule has 1 aliphatic carbocycles. The lowest BCUT2D eigenvalue weighted by molar-refractivity contribution is -0.140. The fraction of sp³-hybridized carbons (Fsp3) is 0.750. The standard InChI is InChI=1S/C12H20N2O/c1-4-9-14(5-2)11(15)12(3)8-6-7-10(12)13/h1,10H,5-9,13H2,2-3H3. The van der Waals surface area contributed by atoms with Crippen molar-refractivity contribution < 1.29 is 4.79 Å². The lowest BCUT2D eigenvalue weighted by Gasteiger charge is -2.33. The Morgan fingerprint density at radius 2 is 2.40 bits per heavy atom. The van der Waals surface area contributed by atoms with Gasteiger partial charge in [0.15, 0.2) is 0 Å². The molecule has 0 aromatic carbocycles. The van der Waals surface area contributed by atoms with Gasteiger partial charge in [-0.3, -0.25) is 4.79 Å². The van der Waals surface area contributed by atoms with Gasteiger partial charge in [0.05, 0.1) is 12.0 Å². The summed E-state index contributed by atoms with van der Waals surface area (Å²) in [4.78, 5) is 14.0. The van der Waals surface area contributed by atoms with E-state index in [2.05, 4.69) is 5.92 Å². The molecular weight excluding hydrogens is 188 g/mol. The summed E-state index contributed by atoms with van der Waals surface area (Å²) in [6.07, 6.45) is 8.11. The van der Waals surface area contributed by atoms with Crippen molar-refractivity contribution in [1.29, 1.82) is 0 Å². The van der Waals surface area contributed by atoms with Gasteiger partial charge in [-0.1, -0.05) is 12.3 Å². The summed E-state index contributed by atoms with van der Waals surface area (Å²) in [5, 5.41) is 0. The highest BCUT2D eigenvalue weighted by atomic mass is 16.2. The Kier molecular flexibility index (Phi) is 3.76. The summed E-state index contributed by atoms with van der Waals surface area (Å²) in [6.45, 7) is 4.95. The van der Waals surface area contributed by atoms with E-state index >= 15 is 0 Å². The summed E-state index contributed by atoms with van der Waals surface area (Å²) in [5.41, 5.74) is 5.61. The van der Waals surface area contributed by atoms with E-state index in [0.29, 0.717) is 13.1 Å². The van der Waals surface area contributed by atoms with E-state index in [1.54, 1.807) is 4.90 Å². The van der Waals surface area contributed by atoms with Crippen molar-refractivity contribution >= 4 is 5.91 Å². The van der Waals surface area contributed by atoms with Gasteiger partial charge < -0.3 is 10.6 Å². The Morgan fingerprint density at radius 3 is 2.80 bits per heavy atom. The number of carbonyl (C=O) groups excluding carboxylic acids is 1. The van der Waals surface area contributed by atoms with Gasteiger partial charge in [-0.05, 0) is 26.7 Å². The second-order valence-electron chi connectivity index (χ2n) is 4.44. The van der Waals surface area contributed by atoms with E-state index in [4.69, 9.17) is 12.2 Å². The van der Waals surface area contributed by atoms with E-state index in [1.807, 2.05) is 13.8 Å². The number of hydrogen-bond acceptors (Lipinski definition) is 2. The molecule has 0 spiro atoms. The third kappa shape index (κ3) is 2.15. The Bertz CT molecular complexity index is 282. The van der Waals surface area contributed by atoms with E-state index in [0.717, 1.165) is 19.3 Å². The number of nitrogens with two attached hydrogens (primary N) is 1. The Labute approximate surface area is 92.0 Å². The van der Waals surface area contributed by atoms with Crippen molar-refractivity contribution in [3.63, 3.8) is 0 Å². The maximum atomic E-state index is 12.2. The molecule has 1 amide bonds. The fourth-order valence-electron chi connectivity index (χ4n) is 2.26. The molecule has 0 aromatic heterocycles. The summed E-state index contributed by atoms with van der Waals surface area (Å²) >= 11 is 0. The second-order valence-corrected chi connectivity index (χ2v) is 4.44. The lowest BCUT2D eigenvalue weighted by Crippen LogP contribution is -2.49. The molecule has 0 heterocycles. The summed E-state index contributed by atoms with van der Waals surface area (Å²) < 4.78 is 0. The third-order valence-corrected chi connectivity index (χ3v) is 3.47. The van der Waals surface area contributed by atoms with Crippen LogP contribution in [0.2, 0.25) is 0 Å². The van der Waals surface area contributed by atoms with Gasteiger partial charge in [0.1, 0.15) is 0 Å². The minimum atomic E-state index is -0.396. The predicted molar refractivity (Wildman–Crippen MR) is 61.0 cm³/mol. The number of nitrogens with zero attached hydrogens (tertiary/aromatic N) is 1. The summed E-state index contributed by atoms with van der Waals surface area (Å²) in [7, 11) is 0. The van der Waals surface area contributed by atoms with Gasteiger partial charge in [0.25, 0.3) is 0 Å². The highest BCUT2D eigenvalue weighted by Gasteiger charge is 2.44. The average Bonchev–Trinajstić information content (AvgIpc) is 2.56. The molecule has 15 heavy (non-hydrogen) atoms. The van der Waals surface area contributed by atoms with Crippen LogP contribution in [0.15, 0.2) is 0 Å². The maximum Gasteiger partial charge on any atom is 0.230 e. The highest BCUT2D eigenvalue weighted by molar-refractivity contribution is 5.83. The smallest absolute Gasteiger partial charge is 0.230 e. The van der Waals surface area contributed by atoms with Crippen molar-refractivity contribution in [2.75, 3.05) is 13.1 Å². The lowest BCUT2D eigenvalue weighted by atomic mass is 9.83. The van der Waals surface area contributed by atoms with E-state index in [1.165, 1.54) is 0 Å². The van der Waals surface area contributed by atoms with Gasteiger partial charge >= 0.3 is 0 Å². The zero-order valence-corrected chi connectivity index (χ0v) is 9.62. The van der Waals surface area contributed by atoms with Crippen LogP contribution < -0.4 is 5.73 Å². The molecule has 2 unspecified atom stereocenters. The number of rotatable bonds is 3. The van der Waals surface area contributed by atoms with Crippen molar-refractivity contribution in [1.82, 2.24) is 4.90 Å². The first kappa shape index (κ1) is 12.1. The normalized spacial score (nSPS) is 29.9. The molecule has 0 aromatic rings. The molecule has 0 saturated heterocycles. The van der Waals surface area contributed by atoms with E-state index < -0.39 is 5.41 Å². The summed E-state index contributed by atoms with van der Waals surface area (Å²) in [6, 6.07) is -0.0168. The van der Waals surface area contributed by atoms with Crippen LogP contribution in [0.3, 0.4) is 0 Å². The first-order valence-electron chi connectivity index (χ1n) is 5.54. The highest BCUT2D eigenvalue weighted by Crippen LogP contribution is 2.38. The molecule has 1 aliphatic rings. The Balaban J connectivity index is 2.78. The topological polar surface area (TPSA) is 46.3 Å². The van der Waals surface area contributed by atoms with Crippen LogP contribution in [0.4, 0.5) is 0 Å². The molecular formula is C12H20N2O. The molecule has 1 saturated carbocycles. The number of terminal acetylenes is 1. The van der Waals surface area contributed by atoms with Crippen molar-refractivity contribution in [3.05, 3.63) is 0 Å². The monoisotopic (exact) mass is 208 g/mol. The first-order valence-corrected chi connectivity index (χ1v) is 5.54. The first-order chi connectivity index (χ1) is 7.06. The van der Waals surface area contributed by atoms with Crippen LogP contribution in [-0.2, 0) is 4.79 Å². The van der Waals surface area contributed by atoms with Crippen molar-refractivity contribution in [2.24, 2.45) is 11.1 Å². The quantitative estimate of drug-likeness (QED) is 0.703. The number of carbonyl (C=O) groups is 1. The molecule has 0 bridgehead atoms. The Hall–Kier alpha value is -1.01. The second kappa shape index (κ2) is 4.67. The predicted octanol–water partition coefficient (Wildman–Crippen LogP) is 0.986. The third-order valence-electron chi connectivity index (χ3n) is 3.47. The SMILES string of the molecule is C#CCN(CC)C(=O)C1(C)CCCC1N. The largest absolute Gasteiger partial charge is 0.331 e. The zero-order chi connectivity index (χ0) is 11.5. The zero-order valence-electron chi connectivity index (χ0n) is 9.62. The van der Waals surface area contributed by atoms with Crippen LogP contribution >= 0.6 is 0 Å². The molecule has 1 rings (SSSR count). The molecule has 3 heteroatoms. The van der Waals surface area contributed by atoms with Crippen LogP contribution in [0.25, 0.3) is 0 Å². The van der Waals surface area contributed by atoms with Crippen LogP contribution in [0, 0.1) is 17.8 Å². The minimum Gasteiger partial charge on any atom is -0.331 e. The Morgan fingerprint density at radius 1 is 1.73 bits per heavy atom. The summed E-state index contributed by atoms with van der Waals surface area (Å²) in [5.74, 6) is 2.64. The molecule has 2 N–H and O–H groups in total. The average molecular weight is 208 g/mol. The van der Waals surface area contributed by atoms with Crippen LogP contribution in [0.5, 0.6) is 0 Å². The van der Waals surface area contributed by atoms with E-state index in [9.17, 15) is 4.79 Å². The molecule has 1 fully saturated rings. The minimum absolute atomic E-state index is 0.0168. The molecule has 0 radical (unpaired) electrons. The van der Waals surface area contributed by atoms with Crippen LogP contribution in [0.1, 0.15) is 33.1 Å². The van der Waals surface area contributed by atoms with E-state index in [-0.39, 0.29) is 11.9 Å². The van der Waals surface area contributed by atoms with Gasteiger partial charge in [-0.15, -0.1) is 6.42 Å². The van der Waals surface area contributed by atoms with Gasteiger partial charge in [-0.25, -0.2) is 0 Å². The molecule has 2 atom stereocenters. The van der Waals surface area contributed by atoms with Crippen molar-refractivity contribution in [2.45, 2.75) is 39.2 Å².